The SMILES string of the molecule is c1ccc(-n2c3ccccc3c3cc(-c4cccc(-c5cc6ccccc6c6ccccc56)c4)ccc32)cc1.c1ccc(-n2c3ccccc3c3cc(-c4cccc(-c5ccc6c(ccc7ccccc76)c5)c4)ccc32)cc1.c1ccc(-n2c3ccccc3c3cc(-c4cccc(-c5ccc6ccc7ccccc7c6c5)c4)ccc32)cc1. The van der Waals surface area contributed by atoms with E-state index in [1.165, 1.54) is 214 Å². The predicted octanol–water partition coefficient (Wildman–Crippen LogP) is 31.3. The molecular formula is C114H75N3. The molecule has 117 heavy (non-hydrogen) atoms. The molecular weight excluding hydrogens is 1410 g/mol. The van der Waals surface area contributed by atoms with Crippen molar-refractivity contribution >= 4 is 130 Å². The number of fused-ring (bicyclic) bond motifs is 18. The zero-order valence-electron chi connectivity index (χ0n) is 64.1. The third-order valence-corrected chi connectivity index (χ3v) is 23.9. The van der Waals surface area contributed by atoms with Gasteiger partial charge in [-0.2, -0.15) is 0 Å². The molecule has 24 aromatic rings. The van der Waals surface area contributed by atoms with Crippen LogP contribution in [0.3, 0.4) is 0 Å². The van der Waals surface area contributed by atoms with E-state index in [-0.39, 0.29) is 0 Å². The molecule has 21 aromatic carbocycles. The Morgan fingerprint density at radius 1 is 0.111 bits per heavy atom. The molecule has 546 valence electrons. The molecule has 3 heteroatoms. The molecule has 24 rings (SSSR count). The quantitative estimate of drug-likeness (QED) is 0.128. The second-order valence-corrected chi connectivity index (χ2v) is 30.6. The highest BCUT2D eigenvalue weighted by Gasteiger charge is 2.19. The van der Waals surface area contributed by atoms with Crippen molar-refractivity contribution in [1.82, 2.24) is 13.7 Å². The summed E-state index contributed by atoms with van der Waals surface area (Å²) in [6, 6.07) is 165. The number of hydrogen-bond donors (Lipinski definition) is 0. The number of aromatic nitrogens is 3. The third kappa shape index (κ3) is 12.2. The summed E-state index contributed by atoms with van der Waals surface area (Å²) in [7, 11) is 0. The molecule has 0 unspecified atom stereocenters. The van der Waals surface area contributed by atoms with Gasteiger partial charge in [-0.15, -0.1) is 0 Å². The average molecular weight is 1490 g/mol. The molecule has 0 saturated carbocycles. The number of para-hydroxylation sites is 6. The van der Waals surface area contributed by atoms with Gasteiger partial charge in [0.05, 0.1) is 33.1 Å². The molecule has 0 aliphatic heterocycles. The second-order valence-electron chi connectivity index (χ2n) is 30.6. The van der Waals surface area contributed by atoms with Crippen LogP contribution in [-0.2, 0) is 0 Å². The lowest BCUT2D eigenvalue weighted by Crippen LogP contribution is -1.92. The summed E-state index contributed by atoms with van der Waals surface area (Å²) in [5, 5.41) is 23.1. The van der Waals surface area contributed by atoms with Gasteiger partial charge in [0.1, 0.15) is 0 Å². The van der Waals surface area contributed by atoms with Crippen LogP contribution in [0.4, 0.5) is 0 Å². The molecule has 3 nitrogen and oxygen atoms in total. The molecule has 0 amide bonds. The first-order chi connectivity index (χ1) is 58.0. The van der Waals surface area contributed by atoms with Crippen LogP contribution in [0.5, 0.6) is 0 Å². The summed E-state index contributed by atoms with van der Waals surface area (Å²) in [4.78, 5) is 0. The van der Waals surface area contributed by atoms with Crippen molar-refractivity contribution in [2.75, 3.05) is 0 Å². The van der Waals surface area contributed by atoms with Gasteiger partial charge in [0.2, 0.25) is 0 Å². The summed E-state index contributed by atoms with van der Waals surface area (Å²) in [6.45, 7) is 0. The van der Waals surface area contributed by atoms with E-state index in [0.29, 0.717) is 0 Å². The second kappa shape index (κ2) is 29.0. The molecule has 3 heterocycles. The molecule has 0 atom stereocenters. The summed E-state index contributed by atoms with van der Waals surface area (Å²) >= 11 is 0. The summed E-state index contributed by atoms with van der Waals surface area (Å²) in [6.07, 6.45) is 0. The Morgan fingerprint density at radius 2 is 0.368 bits per heavy atom. The summed E-state index contributed by atoms with van der Waals surface area (Å²) in [5.74, 6) is 0. The molecule has 0 radical (unpaired) electrons. The van der Waals surface area contributed by atoms with E-state index in [0.717, 1.165) is 0 Å². The van der Waals surface area contributed by atoms with Gasteiger partial charge >= 0.3 is 0 Å². The molecule has 0 saturated heterocycles. The predicted molar refractivity (Wildman–Crippen MR) is 500 cm³/mol. The van der Waals surface area contributed by atoms with E-state index in [2.05, 4.69) is 469 Å². The fourth-order valence-corrected chi connectivity index (χ4v) is 18.3. The van der Waals surface area contributed by atoms with Crippen molar-refractivity contribution in [2.24, 2.45) is 0 Å². The van der Waals surface area contributed by atoms with Gasteiger partial charge in [0.15, 0.2) is 0 Å². The molecule has 0 spiro atoms. The van der Waals surface area contributed by atoms with Crippen LogP contribution in [0, 0.1) is 0 Å². The van der Waals surface area contributed by atoms with Crippen LogP contribution in [0.25, 0.3) is 214 Å². The molecule has 0 bridgehead atoms. The smallest absolute Gasteiger partial charge is 0.0541 e. The Hall–Kier alpha value is -15.4. The lowest BCUT2D eigenvalue weighted by atomic mass is 9.91. The van der Waals surface area contributed by atoms with Gasteiger partial charge in [0.25, 0.3) is 0 Å². The summed E-state index contributed by atoms with van der Waals surface area (Å²) in [5.41, 5.74) is 25.7. The molecule has 0 aliphatic carbocycles. The van der Waals surface area contributed by atoms with Crippen molar-refractivity contribution in [3.63, 3.8) is 0 Å². The minimum absolute atomic E-state index is 1.18. The van der Waals surface area contributed by atoms with Gasteiger partial charge in [-0.25, -0.2) is 0 Å². The maximum atomic E-state index is 2.37. The van der Waals surface area contributed by atoms with Crippen molar-refractivity contribution in [2.45, 2.75) is 0 Å². The Morgan fingerprint density at radius 3 is 0.812 bits per heavy atom. The van der Waals surface area contributed by atoms with Gasteiger partial charge < -0.3 is 13.7 Å². The highest BCUT2D eigenvalue weighted by Crippen LogP contribution is 2.43. The van der Waals surface area contributed by atoms with E-state index in [4.69, 9.17) is 0 Å². The monoisotopic (exact) mass is 1490 g/mol. The molecule has 0 fully saturated rings. The van der Waals surface area contributed by atoms with Crippen molar-refractivity contribution < 1.29 is 0 Å². The van der Waals surface area contributed by atoms with Crippen LogP contribution < -0.4 is 0 Å². The highest BCUT2D eigenvalue weighted by molar-refractivity contribution is 6.17. The topological polar surface area (TPSA) is 14.8 Å². The average Bonchev–Trinajstić information content (AvgIpc) is 1.62. The fraction of sp³-hybridized carbons (Fsp3) is 0. The van der Waals surface area contributed by atoms with Crippen LogP contribution in [0.2, 0.25) is 0 Å². The largest absolute Gasteiger partial charge is 0.309 e. The van der Waals surface area contributed by atoms with E-state index in [1.54, 1.807) is 0 Å². The van der Waals surface area contributed by atoms with Gasteiger partial charge in [-0.05, 0) is 259 Å². The van der Waals surface area contributed by atoms with Crippen molar-refractivity contribution in [1.29, 1.82) is 0 Å². The van der Waals surface area contributed by atoms with E-state index >= 15 is 0 Å². The van der Waals surface area contributed by atoms with Crippen LogP contribution in [0.1, 0.15) is 0 Å². The van der Waals surface area contributed by atoms with Crippen LogP contribution in [-0.4, -0.2) is 13.7 Å². The minimum Gasteiger partial charge on any atom is -0.309 e. The highest BCUT2D eigenvalue weighted by atomic mass is 15.0. The normalized spacial score (nSPS) is 11.6. The lowest BCUT2D eigenvalue weighted by molar-refractivity contribution is 1.18. The first kappa shape index (κ1) is 68.4. The first-order valence-corrected chi connectivity index (χ1v) is 40.3. The van der Waals surface area contributed by atoms with Crippen LogP contribution in [0.15, 0.2) is 455 Å². The van der Waals surface area contributed by atoms with Crippen molar-refractivity contribution in [3.05, 3.63) is 455 Å². The maximum Gasteiger partial charge on any atom is 0.0541 e. The Kier molecular flexibility index (Phi) is 16.9. The number of nitrogens with zero attached hydrogens (tertiary/aromatic N) is 3. The summed E-state index contributed by atoms with van der Waals surface area (Å²) < 4.78 is 7.10. The van der Waals surface area contributed by atoms with Crippen molar-refractivity contribution in [3.8, 4) is 83.8 Å². The third-order valence-electron chi connectivity index (χ3n) is 23.9. The zero-order valence-corrected chi connectivity index (χ0v) is 64.1. The van der Waals surface area contributed by atoms with E-state index in [9.17, 15) is 0 Å². The van der Waals surface area contributed by atoms with Crippen LogP contribution >= 0.6 is 0 Å². The van der Waals surface area contributed by atoms with Gasteiger partial charge in [0, 0.05) is 49.4 Å². The Bertz CT molecular complexity index is 7990. The van der Waals surface area contributed by atoms with Gasteiger partial charge in [-0.3, -0.25) is 0 Å². The molecule has 3 aromatic heterocycles. The van der Waals surface area contributed by atoms with Gasteiger partial charge in [-0.1, -0.05) is 328 Å². The maximum absolute atomic E-state index is 2.37. The minimum atomic E-state index is 1.18. The lowest BCUT2D eigenvalue weighted by Gasteiger charge is -2.12. The number of benzene rings is 21. The zero-order chi connectivity index (χ0) is 77.3. The first-order valence-electron chi connectivity index (χ1n) is 40.3. The molecule has 0 N–H and O–H groups in total. The molecule has 0 aliphatic rings. The Labute approximate surface area is 678 Å². The number of rotatable bonds is 9. The Balaban J connectivity index is 0.000000106. The van der Waals surface area contributed by atoms with E-state index in [1.807, 2.05) is 0 Å². The van der Waals surface area contributed by atoms with E-state index < -0.39 is 0 Å². The standard InChI is InChI=1S/3C38H25N/c1-2-14-30(15-3-1)39-37-20-9-8-19-34(37)36-24-27(21-22-38(36)39)26-12-10-13-28(23-26)35-25-29-11-4-5-16-31(29)32-17-6-7-18-33(32)35;1-2-12-32(13-3-1)39-37-16-7-6-15-35(37)36-25-30(20-22-38(36)39)28-11-8-10-27(23-28)29-19-21-34-31(24-29)18-17-26-9-4-5-14-33(26)34;1-2-12-32(13-3-1)39-37-16-7-6-15-34(37)36-25-31(21-22-38(36)39)29-11-8-10-28(23-29)30-20-19-27-18-17-26-9-4-5-14-33(26)35(27)24-30/h3*1-25H. The fourth-order valence-electron chi connectivity index (χ4n) is 18.3. The number of hydrogen-bond acceptors (Lipinski definition) is 0.